The molecule has 12 nitrogen and oxygen atoms in total. The van der Waals surface area contributed by atoms with Crippen LogP contribution in [0.1, 0.15) is 38.5 Å². The van der Waals surface area contributed by atoms with Crippen LogP contribution in [-0.2, 0) is 57.1 Å². The second-order valence-electron chi connectivity index (χ2n) is 29.6. The van der Waals surface area contributed by atoms with Gasteiger partial charge in [-0.3, -0.25) is 0 Å². The molecule has 24 heteroatoms. The number of rotatable bonds is 20. The third kappa shape index (κ3) is 18.2. The Kier molecular flexibility index (Phi) is 26.5. The van der Waals surface area contributed by atoms with Crippen LogP contribution < -0.4 is 0 Å². The second kappa shape index (κ2) is 38.2. The fraction of sp³-hybridized carbons (Fsp3) is 0.250. The lowest BCUT2D eigenvalue weighted by molar-refractivity contribution is -0.148. The van der Waals surface area contributed by atoms with E-state index in [1.807, 2.05) is 92.4 Å². The molecule has 4 aliphatic heterocycles. The van der Waals surface area contributed by atoms with Gasteiger partial charge < -0.3 is 37.9 Å². The molecule has 0 radical (unpaired) electrons. The summed E-state index contributed by atoms with van der Waals surface area (Å²) in [4.78, 5) is 54.9. The number of hydrogen-bond acceptors (Lipinski definition) is 24. The zero-order valence-electron chi connectivity index (χ0n) is 64.9. The van der Waals surface area contributed by atoms with E-state index in [9.17, 15) is 19.2 Å². The van der Waals surface area contributed by atoms with Crippen molar-refractivity contribution in [2.75, 3.05) is 26.4 Å². The van der Waals surface area contributed by atoms with Crippen molar-refractivity contribution in [2.24, 2.45) is 0 Å². The van der Waals surface area contributed by atoms with Crippen molar-refractivity contribution in [3.05, 3.63) is 267 Å². The van der Waals surface area contributed by atoms with Gasteiger partial charge in [0.25, 0.3) is 0 Å². The van der Waals surface area contributed by atoms with Crippen molar-refractivity contribution in [3.63, 3.8) is 0 Å². The molecule has 4 saturated heterocycles. The summed E-state index contributed by atoms with van der Waals surface area (Å²) in [6.45, 7) is 16.0. The number of carbonyl (C=O) groups excluding carboxylic acids is 4. The number of thioether (sulfide) groups is 6. The number of hydrogen-bond donors (Lipinski definition) is 0. The van der Waals surface area contributed by atoms with Gasteiger partial charge >= 0.3 is 23.9 Å². The summed E-state index contributed by atoms with van der Waals surface area (Å²) < 4.78 is 57.9. The molecule has 120 heavy (non-hydrogen) atoms. The molecule has 0 spiro atoms. The molecule has 6 aliphatic rings. The molecule has 6 fully saturated rings. The number of fused-ring (bicyclic) bond motifs is 14. The molecule has 14 atom stereocenters. The summed E-state index contributed by atoms with van der Waals surface area (Å²) in [7, 11) is 0. The normalized spacial score (nSPS) is 23.7. The maximum absolute atomic E-state index is 12.3. The average Bonchev–Trinajstić information content (AvgIpc) is 1.61. The molecule has 10 heterocycles. The molecule has 610 valence electrons. The third-order valence-electron chi connectivity index (χ3n) is 22.2. The quantitative estimate of drug-likeness (QED) is 0.0405. The molecule has 2 saturated carbocycles. The fourth-order valence-corrected chi connectivity index (χ4v) is 32.0. The topological polar surface area (TPSA) is 142 Å². The van der Waals surface area contributed by atoms with Crippen molar-refractivity contribution in [2.45, 2.75) is 148 Å². The molecule has 21 rings (SSSR count). The molecular weight excluding hydrogens is 1730 g/mol. The fourth-order valence-electron chi connectivity index (χ4n) is 16.5. The van der Waals surface area contributed by atoms with Gasteiger partial charge in [-0.2, -0.15) is 0 Å². The molecular formula is C96H82O12S12. The minimum Gasteiger partial charge on any atom is -0.458 e. The van der Waals surface area contributed by atoms with Crippen LogP contribution >= 0.6 is 139 Å². The summed E-state index contributed by atoms with van der Waals surface area (Å²) in [5.74, 6) is -1.51. The molecule has 0 bridgehead atoms. The molecule has 0 N–H and O–H groups in total. The van der Waals surface area contributed by atoms with Crippen molar-refractivity contribution in [1.82, 2.24) is 0 Å². The Bertz CT molecular complexity index is 6310. The molecule has 0 amide bonds. The first-order chi connectivity index (χ1) is 58.9. The molecule has 15 aromatic rings. The first kappa shape index (κ1) is 83.2. The molecule has 2 aliphatic carbocycles. The zero-order chi connectivity index (χ0) is 81.7. The summed E-state index contributed by atoms with van der Waals surface area (Å²) >= 11 is 22.2. The van der Waals surface area contributed by atoms with Crippen LogP contribution in [0, 0.1) is 0 Å². The highest BCUT2D eigenvalue weighted by molar-refractivity contribution is 8.02. The minimum absolute atomic E-state index is 0.0437. The highest BCUT2D eigenvalue weighted by Crippen LogP contribution is 2.52. The van der Waals surface area contributed by atoms with Gasteiger partial charge in [0.1, 0.15) is 36.6 Å². The van der Waals surface area contributed by atoms with E-state index in [1.165, 1.54) is 144 Å². The third-order valence-corrected chi connectivity index (χ3v) is 37.6. The van der Waals surface area contributed by atoms with E-state index in [1.54, 1.807) is 46.2 Å². The standard InChI is InChI=1S/C33H26O2S4.C25H22O2S4.C21H18O4S2.C17H16O4S2/c1-2-31(34)35-25-18-17-20(36-28-15-7-11-23-21-9-3-5-13-26(21)38-32(23)28)19-30(25)37-29-16-8-12-24-22-10-4-6-14-27(22)39-33(24)29;1-2-23(26)27-19-10-9-18(30-20-7-3-5-16-11-13-28-24(16)20)15-22(19)31-21-8-4-6-17-12-14-29-25(17)21;1-2-18(22)25-14-10-23-20-17(11-24-19(14)20)26-16-9-5-7-13-12-6-3-4-8-15(12)27-21(13)16;1-2-14(18)21-11-8-19-16-13(9-20-15(11)16)23-12-5-3-4-10-6-7-22-17(10)12/h2-16,20,25,30H,1,17-19H2;2-8,11-14,18-19,22H,1,9-10,15H2;2-9,14,17,19-20H,1,10-11H2;2-7,11,13,15-16H,1,8-9H2. The minimum atomic E-state index is -0.431. The van der Waals surface area contributed by atoms with Crippen LogP contribution in [0.3, 0.4) is 0 Å². The van der Waals surface area contributed by atoms with E-state index in [0.29, 0.717) is 36.9 Å². The predicted octanol–water partition coefficient (Wildman–Crippen LogP) is 26.0. The number of benzene rings is 9. The lowest BCUT2D eigenvalue weighted by atomic mass is 9.96. The number of thiophene rings is 6. The smallest absolute Gasteiger partial charge is 0.330 e. The Morgan fingerprint density at radius 1 is 0.300 bits per heavy atom. The zero-order valence-corrected chi connectivity index (χ0v) is 74.7. The molecule has 6 aromatic heterocycles. The molecule has 14 unspecified atom stereocenters. The van der Waals surface area contributed by atoms with E-state index in [4.69, 9.17) is 37.9 Å². The monoisotopic (exact) mass is 1810 g/mol. The van der Waals surface area contributed by atoms with E-state index in [-0.39, 0.29) is 81.8 Å². The van der Waals surface area contributed by atoms with Gasteiger partial charge in [-0.25, -0.2) is 19.2 Å². The summed E-state index contributed by atoms with van der Waals surface area (Å²) in [6.07, 6.45) is 9.32. The van der Waals surface area contributed by atoms with E-state index in [0.717, 1.165) is 38.5 Å². The Morgan fingerprint density at radius 3 is 0.950 bits per heavy atom. The van der Waals surface area contributed by atoms with Crippen LogP contribution in [0.5, 0.6) is 0 Å². The average molecular weight is 1810 g/mol. The van der Waals surface area contributed by atoms with Crippen LogP contribution in [0.15, 0.2) is 296 Å². The Hall–Kier alpha value is -7.70. The predicted molar refractivity (Wildman–Crippen MR) is 508 cm³/mol. The van der Waals surface area contributed by atoms with Gasteiger partial charge in [0, 0.05) is 149 Å². The van der Waals surface area contributed by atoms with Crippen molar-refractivity contribution >= 4 is 253 Å². The first-order valence-electron chi connectivity index (χ1n) is 39.8. The van der Waals surface area contributed by atoms with Crippen LogP contribution in [0.2, 0.25) is 0 Å². The summed E-state index contributed by atoms with van der Waals surface area (Å²) in [5, 5.41) is 19.9. The van der Waals surface area contributed by atoms with Gasteiger partial charge in [-0.15, -0.1) is 139 Å². The van der Waals surface area contributed by atoms with E-state index in [2.05, 4.69) is 243 Å². The van der Waals surface area contributed by atoms with Gasteiger partial charge in [0.15, 0.2) is 12.2 Å². The number of carbonyl (C=O) groups is 4. The van der Waals surface area contributed by atoms with Crippen molar-refractivity contribution in [3.8, 4) is 0 Å². The van der Waals surface area contributed by atoms with Gasteiger partial charge in [-0.1, -0.05) is 154 Å². The van der Waals surface area contributed by atoms with Crippen molar-refractivity contribution < 1.29 is 57.1 Å². The first-order valence-corrected chi connectivity index (χ1v) is 50.1. The SMILES string of the molecule is C=CC(=O)OC1CCC(Sc2cccc3c2sc2ccccc23)CC1Sc1cccc2c1sc1ccccc12.C=CC(=O)OC1CCC(Sc2cccc3ccsc23)CC1Sc1cccc2ccsc12.C=CC(=O)OC1COC2C(Sc3cccc4c3sc3ccccc34)COC12.C=CC(=O)OC1COC2C(Sc3cccc4ccsc34)COC12. The van der Waals surface area contributed by atoms with Gasteiger partial charge in [0.2, 0.25) is 0 Å². The van der Waals surface area contributed by atoms with E-state index >= 15 is 0 Å². The lowest BCUT2D eigenvalue weighted by Gasteiger charge is -2.35. The highest BCUT2D eigenvalue weighted by Gasteiger charge is 2.51. The summed E-state index contributed by atoms with van der Waals surface area (Å²) in [6, 6.07) is 71.5. The largest absolute Gasteiger partial charge is 0.458 e. The van der Waals surface area contributed by atoms with Gasteiger partial charge in [0.05, 0.1) is 36.9 Å². The Labute approximate surface area is 744 Å². The summed E-state index contributed by atoms with van der Waals surface area (Å²) in [5.41, 5.74) is 0. The maximum Gasteiger partial charge on any atom is 0.330 e. The van der Waals surface area contributed by atoms with Gasteiger partial charge in [-0.05, 0) is 144 Å². The van der Waals surface area contributed by atoms with Crippen LogP contribution in [0.4, 0.5) is 0 Å². The highest BCUT2D eigenvalue weighted by atomic mass is 32.2. The maximum atomic E-state index is 12.3. The Balaban J connectivity index is 0.000000112. The lowest BCUT2D eigenvalue weighted by Crippen LogP contribution is -2.36. The Morgan fingerprint density at radius 2 is 0.592 bits per heavy atom. The van der Waals surface area contributed by atoms with E-state index < -0.39 is 11.9 Å². The molecule has 9 aromatic carbocycles. The van der Waals surface area contributed by atoms with Crippen molar-refractivity contribution in [1.29, 1.82) is 0 Å². The number of ether oxygens (including phenoxy) is 8. The second-order valence-corrected chi connectivity index (χ2v) is 43.3. The van der Waals surface area contributed by atoms with Crippen LogP contribution in [-0.4, -0.2) is 131 Å². The van der Waals surface area contributed by atoms with Crippen LogP contribution in [0.25, 0.3) is 90.8 Å². The number of esters is 4.